The molecule has 2 aromatic rings. The van der Waals surface area contributed by atoms with E-state index in [2.05, 4.69) is 36.5 Å². The van der Waals surface area contributed by atoms with E-state index in [-0.39, 0.29) is 5.69 Å². The van der Waals surface area contributed by atoms with Gasteiger partial charge in [-0.05, 0) is 24.3 Å². The highest BCUT2D eigenvalue weighted by molar-refractivity contribution is 9.10. The summed E-state index contributed by atoms with van der Waals surface area (Å²) in [5.41, 5.74) is 2.52. The molecule has 92 valence electrons. The van der Waals surface area contributed by atoms with Crippen molar-refractivity contribution in [3.05, 3.63) is 50.5 Å². The van der Waals surface area contributed by atoms with E-state index in [4.69, 9.17) is 0 Å². The van der Waals surface area contributed by atoms with E-state index >= 15 is 0 Å². The highest BCUT2D eigenvalue weighted by Gasteiger charge is 2.17. The largest absolute Gasteiger partial charge is 0.347 e. The first kappa shape index (κ1) is 11.4. The Morgan fingerprint density at radius 3 is 2.78 bits per heavy atom. The quantitative estimate of drug-likeness (QED) is 0.792. The maximum atomic E-state index is 11.5. The fourth-order valence-corrected chi connectivity index (χ4v) is 2.24. The number of nitrogens with one attached hydrogen (secondary N) is 3. The summed E-state index contributed by atoms with van der Waals surface area (Å²) in [6, 6.07) is 7.74. The SMILES string of the molecule is O=c1nc(Nc2ccc(Br)cc2)c2c([nH]1)CNC2. The van der Waals surface area contributed by atoms with Crippen molar-refractivity contribution in [2.45, 2.75) is 13.1 Å². The topological polar surface area (TPSA) is 69.8 Å². The number of benzene rings is 1. The van der Waals surface area contributed by atoms with Crippen LogP contribution in [0, 0.1) is 0 Å². The molecule has 0 amide bonds. The third kappa shape index (κ3) is 2.16. The van der Waals surface area contributed by atoms with Gasteiger partial charge in [-0.1, -0.05) is 15.9 Å². The van der Waals surface area contributed by atoms with Gasteiger partial charge in [0.2, 0.25) is 0 Å². The van der Waals surface area contributed by atoms with Gasteiger partial charge in [0, 0.05) is 34.5 Å². The van der Waals surface area contributed by atoms with Crippen LogP contribution in [0.3, 0.4) is 0 Å². The van der Waals surface area contributed by atoms with E-state index in [9.17, 15) is 4.79 Å². The fraction of sp³-hybridized carbons (Fsp3) is 0.167. The summed E-state index contributed by atoms with van der Waals surface area (Å²) < 4.78 is 1.01. The standard InChI is InChI=1S/C12H11BrN4O/c13-7-1-3-8(4-2-7)15-11-9-5-14-6-10(9)16-12(18)17-11/h1-4,14H,5-6H2,(H2,15,16,17,18). The number of H-pyrrole nitrogens is 1. The Labute approximate surface area is 112 Å². The second kappa shape index (κ2) is 4.55. The molecule has 2 heterocycles. The summed E-state index contributed by atoms with van der Waals surface area (Å²) in [6.45, 7) is 1.40. The zero-order chi connectivity index (χ0) is 12.5. The maximum Gasteiger partial charge on any atom is 0.347 e. The van der Waals surface area contributed by atoms with Crippen LogP contribution >= 0.6 is 15.9 Å². The lowest BCUT2D eigenvalue weighted by Crippen LogP contribution is -2.15. The van der Waals surface area contributed by atoms with Crippen molar-refractivity contribution in [1.82, 2.24) is 15.3 Å². The lowest BCUT2D eigenvalue weighted by molar-refractivity contribution is 0.757. The molecule has 1 aromatic heterocycles. The molecule has 0 radical (unpaired) electrons. The van der Waals surface area contributed by atoms with Gasteiger partial charge in [0.05, 0.1) is 0 Å². The average Bonchev–Trinajstić information content (AvgIpc) is 2.80. The van der Waals surface area contributed by atoms with Crippen molar-refractivity contribution in [2.75, 3.05) is 5.32 Å². The zero-order valence-corrected chi connectivity index (χ0v) is 11.0. The molecule has 0 aliphatic carbocycles. The van der Waals surface area contributed by atoms with Gasteiger partial charge in [-0.25, -0.2) is 4.79 Å². The Balaban J connectivity index is 1.98. The van der Waals surface area contributed by atoms with Gasteiger partial charge in [0.25, 0.3) is 0 Å². The number of hydrogen-bond acceptors (Lipinski definition) is 4. The minimum Gasteiger partial charge on any atom is -0.340 e. The minimum atomic E-state index is -0.322. The molecule has 6 heteroatoms. The van der Waals surface area contributed by atoms with Crippen LogP contribution in [0.1, 0.15) is 11.3 Å². The van der Waals surface area contributed by atoms with Crippen LogP contribution in [0.2, 0.25) is 0 Å². The molecule has 0 fully saturated rings. The van der Waals surface area contributed by atoms with Gasteiger partial charge in [0.15, 0.2) is 0 Å². The van der Waals surface area contributed by atoms with E-state index in [0.717, 1.165) is 28.0 Å². The molecule has 0 spiro atoms. The first-order valence-electron chi connectivity index (χ1n) is 5.58. The smallest absolute Gasteiger partial charge is 0.340 e. The summed E-state index contributed by atoms with van der Waals surface area (Å²) in [5, 5.41) is 6.37. The van der Waals surface area contributed by atoms with Crippen LogP contribution < -0.4 is 16.3 Å². The average molecular weight is 307 g/mol. The number of anilines is 2. The van der Waals surface area contributed by atoms with Gasteiger partial charge >= 0.3 is 5.69 Å². The molecule has 0 saturated heterocycles. The predicted molar refractivity (Wildman–Crippen MR) is 72.8 cm³/mol. The molecule has 3 rings (SSSR count). The summed E-state index contributed by atoms with van der Waals surface area (Å²) in [7, 11) is 0. The summed E-state index contributed by atoms with van der Waals surface area (Å²) in [5.74, 6) is 0.626. The minimum absolute atomic E-state index is 0.322. The van der Waals surface area contributed by atoms with Crippen LogP contribution in [-0.2, 0) is 13.1 Å². The molecule has 0 saturated carbocycles. The fourth-order valence-electron chi connectivity index (χ4n) is 1.97. The van der Waals surface area contributed by atoms with Crippen molar-refractivity contribution < 1.29 is 0 Å². The molecule has 5 nitrogen and oxygen atoms in total. The Morgan fingerprint density at radius 2 is 2.00 bits per heavy atom. The molecule has 1 aliphatic rings. The predicted octanol–water partition coefficient (Wildman–Crippen LogP) is 1.88. The lowest BCUT2D eigenvalue weighted by Gasteiger charge is -2.09. The van der Waals surface area contributed by atoms with E-state index in [0.29, 0.717) is 12.4 Å². The van der Waals surface area contributed by atoms with Crippen LogP contribution in [0.15, 0.2) is 33.5 Å². The number of aromatic nitrogens is 2. The van der Waals surface area contributed by atoms with E-state index in [1.54, 1.807) is 0 Å². The van der Waals surface area contributed by atoms with E-state index in [1.807, 2.05) is 24.3 Å². The summed E-state index contributed by atoms with van der Waals surface area (Å²) in [6.07, 6.45) is 0. The van der Waals surface area contributed by atoms with Gasteiger partial charge in [-0.2, -0.15) is 4.98 Å². The second-order valence-electron chi connectivity index (χ2n) is 4.08. The van der Waals surface area contributed by atoms with Crippen molar-refractivity contribution >= 4 is 27.4 Å². The summed E-state index contributed by atoms with van der Waals surface area (Å²) >= 11 is 3.38. The first-order chi connectivity index (χ1) is 8.72. The normalized spacial score (nSPS) is 13.4. The number of hydrogen-bond donors (Lipinski definition) is 3. The third-order valence-corrected chi connectivity index (χ3v) is 3.36. The van der Waals surface area contributed by atoms with Gasteiger partial charge in [-0.3, -0.25) is 0 Å². The Morgan fingerprint density at radius 1 is 1.22 bits per heavy atom. The van der Waals surface area contributed by atoms with E-state index in [1.165, 1.54) is 0 Å². The second-order valence-corrected chi connectivity index (χ2v) is 5.00. The number of halogens is 1. The van der Waals surface area contributed by atoms with Crippen molar-refractivity contribution in [3.63, 3.8) is 0 Å². The Hall–Kier alpha value is -1.66. The van der Waals surface area contributed by atoms with Crippen LogP contribution in [0.4, 0.5) is 11.5 Å². The lowest BCUT2D eigenvalue weighted by atomic mass is 10.2. The molecule has 0 atom stereocenters. The highest BCUT2D eigenvalue weighted by Crippen LogP contribution is 2.23. The highest BCUT2D eigenvalue weighted by atomic mass is 79.9. The molecule has 18 heavy (non-hydrogen) atoms. The van der Waals surface area contributed by atoms with Crippen LogP contribution in [-0.4, -0.2) is 9.97 Å². The maximum absolute atomic E-state index is 11.5. The number of fused-ring (bicyclic) bond motifs is 1. The van der Waals surface area contributed by atoms with Crippen molar-refractivity contribution in [2.24, 2.45) is 0 Å². The van der Waals surface area contributed by atoms with Gasteiger partial charge < -0.3 is 15.6 Å². The van der Waals surface area contributed by atoms with Crippen molar-refractivity contribution in [3.8, 4) is 0 Å². The Bertz CT molecular complexity index is 636. The van der Waals surface area contributed by atoms with Gasteiger partial charge in [-0.15, -0.1) is 0 Å². The van der Waals surface area contributed by atoms with E-state index < -0.39 is 0 Å². The Kier molecular flexibility index (Phi) is 2.89. The molecular weight excluding hydrogens is 296 g/mol. The third-order valence-electron chi connectivity index (χ3n) is 2.83. The first-order valence-corrected chi connectivity index (χ1v) is 6.37. The number of aromatic amines is 1. The number of nitrogens with zero attached hydrogens (tertiary/aromatic N) is 1. The summed E-state index contributed by atoms with van der Waals surface area (Å²) in [4.78, 5) is 18.2. The molecule has 1 aromatic carbocycles. The molecular formula is C12H11BrN4O. The monoisotopic (exact) mass is 306 g/mol. The molecule has 1 aliphatic heterocycles. The molecule has 0 bridgehead atoms. The molecule has 3 N–H and O–H groups in total. The molecule has 0 unspecified atom stereocenters. The zero-order valence-electron chi connectivity index (χ0n) is 9.46. The van der Waals surface area contributed by atoms with Gasteiger partial charge in [0.1, 0.15) is 5.82 Å². The van der Waals surface area contributed by atoms with Crippen LogP contribution in [0.25, 0.3) is 0 Å². The number of rotatable bonds is 2. The van der Waals surface area contributed by atoms with Crippen LogP contribution in [0.5, 0.6) is 0 Å². The van der Waals surface area contributed by atoms with Crippen molar-refractivity contribution in [1.29, 1.82) is 0 Å².